The number of amides is 1. The Hall–Kier alpha value is -2.67. The molecule has 1 unspecified atom stereocenters. The van der Waals surface area contributed by atoms with Gasteiger partial charge in [0.15, 0.2) is 5.82 Å². The Bertz CT molecular complexity index is 877. The molecular weight excluding hydrogens is 392 g/mol. The molecule has 1 amide bonds. The van der Waals surface area contributed by atoms with Crippen molar-refractivity contribution < 1.29 is 14.6 Å². The Labute approximate surface area is 184 Å². The molecular formula is C24H34N4O3. The van der Waals surface area contributed by atoms with Gasteiger partial charge in [-0.3, -0.25) is 4.99 Å². The van der Waals surface area contributed by atoms with Gasteiger partial charge in [0.1, 0.15) is 11.3 Å². The molecule has 1 aliphatic carbocycles. The monoisotopic (exact) mass is 426 g/mol. The van der Waals surface area contributed by atoms with Gasteiger partial charge in [0.05, 0.1) is 12.6 Å². The SMILES string of the molecule is C=N/C(=C(CO)\N=C/C)N1CCC2(CC1)Cc1ccccc1C2NC(=O)OC(C)(C)C. The van der Waals surface area contributed by atoms with Gasteiger partial charge in [0.2, 0.25) is 0 Å². The second-order valence-electron chi connectivity index (χ2n) is 9.28. The number of ether oxygens (including phenoxy) is 1. The van der Waals surface area contributed by atoms with E-state index < -0.39 is 5.60 Å². The first-order valence-electron chi connectivity index (χ1n) is 10.8. The minimum absolute atomic E-state index is 0.0865. The van der Waals surface area contributed by atoms with Crippen LogP contribution in [0, 0.1) is 5.41 Å². The molecule has 1 atom stereocenters. The van der Waals surface area contributed by atoms with Crippen LogP contribution in [-0.4, -0.2) is 54.3 Å². The standard InChI is InChI=1S/C24H34N4O3/c1-6-26-19(16-29)21(25-5)28-13-11-24(12-14-28)15-17-9-7-8-10-18(17)20(24)27-22(30)31-23(2,3)4/h6-10,20,29H,5,11-16H2,1-4H3,(H,27,30)/b21-19+,26-6-. The molecule has 0 aromatic heterocycles. The molecule has 1 heterocycles. The third kappa shape index (κ3) is 4.98. The largest absolute Gasteiger partial charge is 0.444 e. The van der Waals surface area contributed by atoms with Crippen LogP contribution >= 0.6 is 0 Å². The fourth-order valence-electron chi connectivity index (χ4n) is 4.77. The molecule has 0 saturated carbocycles. The average Bonchev–Trinajstić information content (AvgIpc) is 3.00. The van der Waals surface area contributed by atoms with Gasteiger partial charge in [-0.05, 0) is 64.8 Å². The second kappa shape index (κ2) is 9.22. The van der Waals surface area contributed by atoms with Crippen LogP contribution in [-0.2, 0) is 11.2 Å². The van der Waals surface area contributed by atoms with Crippen molar-refractivity contribution in [2.45, 2.75) is 58.6 Å². The van der Waals surface area contributed by atoms with Crippen molar-refractivity contribution in [2.24, 2.45) is 15.4 Å². The number of aliphatic hydroxyl groups excluding tert-OH is 1. The minimum Gasteiger partial charge on any atom is -0.444 e. The number of alkyl carbamates (subject to hydrolysis) is 1. The molecule has 1 aromatic carbocycles. The first-order valence-corrected chi connectivity index (χ1v) is 10.8. The number of piperidine rings is 1. The summed E-state index contributed by atoms with van der Waals surface area (Å²) in [6.45, 7) is 12.4. The van der Waals surface area contributed by atoms with Gasteiger partial charge < -0.3 is 20.1 Å². The maximum absolute atomic E-state index is 12.7. The fourth-order valence-corrected chi connectivity index (χ4v) is 4.77. The lowest BCUT2D eigenvalue weighted by molar-refractivity contribution is 0.0374. The van der Waals surface area contributed by atoms with Crippen molar-refractivity contribution in [1.29, 1.82) is 0 Å². The van der Waals surface area contributed by atoms with Gasteiger partial charge in [-0.1, -0.05) is 24.3 Å². The van der Waals surface area contributed by atoms with Crippen molar-refractivity contribution >= 4 is 19.0 Å². The van der Waals surface area contributed by atoms with E-state index in [1.807, 2.05) is 33.8 Å². The van der Waals surface area contributed by atoms with Crippen LogP contribution in [0.2, 0.25) is 0 Å². The molecule has 1 spiro atoms. The third-order valence-electron chi connectivity index (χ3n) is 6.08. The normalized spacial score (nSPS) is 21.1. The molecule has 0 radical (unpaired) electrons. The van der Waals surface area contributed by atoms with Crippen LogP contribution in [0.5, 0.6) is 0 Å². The Morgan fingerprint density at radius 3 is 2.61 bits per heavy atom. The molecule has 3 rings (SSSR count). The second-order valence-corrected chi connectivity index (χ2v) is 9.28. The predicted molar refractivity (Wildman–Crippen MR) is 123 cm³/mol. The summed E-state index contributed by atoms with van der Waals surface area (Å²) < 4.78 is 5.56. The summed E-state index contributed by atoms with van der Waals surface area (Å²) in [5.74, 6) is 0.627. The van der Waals surface area contributed by atoms with E-state index >= 15 is 0 Å². The first-order chi connectivity index (χ1) is 14.7. The van der Waals surface area contributed by atoms with Gasteiger partial charge >= 0.3 is 6.09 Å². The molecule has 1 saturated heterocycles. The average molecular weight is 427 g/mol. The van der Waals surface area contributed by atoms with Gasteiger partial charge in [-0.15, -0.1) is 0 Å². The van der Waals surface area contributed by atoms with Gasteiger partial charge in [-0.25, -0.2) is 9.79 Å². The number of hydrogen-bond acceptors (Lipinski definition) is 6. The smallest absolute Gasteiger partial charge is 0.408 e. The van der Waals surface area contributed by atoms with Crippen molar-refractivity contribution in [3.63, 3.8) is 0 Å². The lowest BCUT2D eigenvalue weighted by Crippen LogP contribution is -2.47. The highest BCUT2D eigenvalue weighted by Gasteiger charge is 2.48. The number of carbonyl (C=O) groups is 1. The third-order valence-corrected chi connectivity index (χ3v) is 6.08. The zero-order valence-corrected chi connectivity index (χ0v) is 19.0. The van der Waals surface area contributed by atoms with E-state index in [1.165, 1.54) is 11.1 Å². The van der Waals surface area contributed by atoms with Crippen LogP contribution in [0.25, 0.3) is 0 Å². The molecule has 0 bridgehead atoms. The molecule has 31 heavy (non-hydrogen) atoms. The summed E-state index contributed by atoms with van der Waals surface area (Å²) in [7, 11) is 0. The number of fused-ring (bicyclic) bond motifs is 1. The van der Waals surface area contributed by atoms with Crippen LogP contribution < -0.4 is 5.32 Å². The van der Waals surface area contributed by atoms with Gasteiger partial charge in [-0.2, -0.15) is 0 Å². The highest BCUT2D eigenvalue weighted by atomic mass is 16.6. The number of likely N-dealkylation sites (tertiary alicyclic amines) is 1. The van der Waals surface area contributed by atoms with E-state index in [0.29, 0.717) is 11.5 Å². The molecule has 2 N–H and O–H groups in total. The predicted octanol–water partition coefficient (Wildman–Crippen LogP) is 3.84. The lowest BCUT2D eigenvalue weighted by atomic mass is 9.72. The van der Waals surface area contributed by atoms with Crippen LogP contribution in [0.1, 0.15) is 57.7 Å². The summed E-state index contributed by atoms with van der Waals surface area (Å²) in [5, 5.41) is 12.9. The first kappa shape index (κ1) is 23.0. The van der Waals surface area contributed by atoms with E-state index in [9.17, 15) is 9.90 Å². The Balaban J connectivity index is 1.84. The van der Waals surface area contributed by atoms with E-state index in [0.717, 1.165) is 32.4 Å². The lowest BCUT2D eigenvalue weighted by Gasteiger charge is -2.44. The van der Waals surface area contributed by atoms with E-state index in [4.69, 9.17) is 4.74 Å². The number of nitrogens with one attached hydrogen (secondary N) is 1. The number of carbonyl (C=O) groups excluding carboxylic acids is 1. The van der Waals surface area contributed by atoms with Crippen LogP contribution in [0.15, 0.2) is 45.8 Å². The Morgan fingerprint density at radius 1 is 1.35 bits per heavy atom. The zero-order valence-electron chi connectivity index (χ0n) is 19.0. The van der Waals surface area contributed by atoms with Crippen molar-refractivity contribution in [1.82, 2.24) is 10.2 Å². The molecule has 1 aromatic rings. The molecule has 2 aliphatic rings. The molecule has 168 valence electrons. The number of aliphatic imine (C=N–C) groups is 2. The number of nitrogens with zero attached hydrogens (tertiary/aromatic N) is 3. The zero-order chi connectivity index (χ0) is 22.6. The Morgan fingerprint density at radius 2 is 2.03 bits per heavy atom. The van der Waals surface area contributed by atoms with Crippen molar-refractivity contribution in [3.8, 4) is 0 Å². The number of benzene rings is 1. The van der Waals surface area contributed by atoms with E-state index in [2.05, 4.69) is 45.1 Å². The molecule has 7 nitrogen and oxygen atoms in total. The molecule has 7 heteroatoms. The van der Waals surface area contributed by atoms with E-state index in [1.54, 1.807) is 6.21 Å². The van der Waals surface area contributed by atoms with Crippen LogP contribution in [0.4, 0.5) is 4.79 Å². The van der Waals surface area contributed by atoms with Crippen molar-refractivity contribution in [2.75, 3.05) is 19.7 Å². The van der Waals surface area contributed by atoms with Gasteiger partial charge in [0.25, 0.3) is 0 Å². The van der Waals surface area contributed by atoms with E-state index in [-0.39, 0.29) is 24.2 Å². The highest BCUT2D eigenvalue weighted by molar-refractivity contribution is 5.69. The summed E-state index contributed by atoms with van der Waals surface area (Å²) in [5.41, 5.74) is 2.34. The number of rotatable bonds is 5. The van der Waals surface area contributed by atoms with Crippen LogP contribution in [0.3, 0.4) is 0 Å². The summed E-state index contributed by atoms with van der Waals surface area (Å²) in [6.07, 6.45) is 3.92. The van der Waals surface area contributed by atoms with Gasteiger partial charge in [0, 0.05) is 24.7 Å². The number of aliphatic hydroxyl groups is 1. The molecule has 1 aliphatic heterocycles. The quantitative estimate of drug-likeness (QED) is 0.701. The fraction of sp³-hybridized carbons (Fsp3) is 0.542. The summed E-state index contributed by atoms with van der Waals surface area (Å²) >= 11 is 0. The maximum Gasteiger partial charge on any atom is 0.408 e. The number of hydrogen-bond donors (Lipinski definition) is 2. The molecule has 1 fully saturated rings. The summed E-state index contributed by atoms with van der Waals surface area (Å²) in [6, 6.07) is 8.23. The maximum atomic E-state index is 12.7. The highest BCUT2D eigenvalue weighted by Crippen LogP contribution is 2.52. The minimum atomic E-state index is -0.547. The Kier molecular flexibility index (Phi) is 6.84. The summed E-state index contributed by atoms with van der Waals surface area (Å²) in [4.78, 5) is 23.2. The van der Waals surface area contributed by atoms with Crippen molar-refractivity contribution in [3.05, 3.63) is 46.9 Å². The topological polar surface area (TPSA) is 86.5 Å².